The molecule has 0 amide bonds. The van der Waals surface area contributed by atoms with Crippen LogP contribution in [0, 0.1) is 5.82 Å². The minimum absolute atomic E-state index is 0.106. The van der Waals surface area contributed by atoms with E-state index in [1.54, 1.807) is 25.1 Å². The highest BCUT2D eigenvalue weighted by molar-refractivity contribution is 5.89. The highest BCUT2D eigenvalue weighted by Gasteiger charge is 2.42. The molecule has 2 aromatic carbocycles. The van der Waals surface area contributed by atoms with Crippen molar-refractivity contribution in [1.29, 1.82) is 0 Å². The zero-order chi connectivity index (χ0) is 24.5. The quantitative estimate of drug-likeness (QED) is 0.531. The van der Waals surface area contributed by atoms with E-state index in [4.69, 9.17) is 19.9 Å². The molecule has 0 radical (unpaired) electrons. The third kappa shape index (κ3) is 4.50. The third-order valence-corrected chi connectivity index (χ3v) is 6.24. The number of nitrogen functional groups attached to an aromatic ring is 1. The SMILES string of the molecule is CCOC(=O)c1ccc([C@@H]2CN(c3cc(-c4cc(F)ccc4O)nnc3N)[C@@H]3COC[C@@H]3O2)cc1. The van der Waals surface area contributed by atoms with Crippen LogP contribution in [-0.4, -0.2) is 59.8 Å². The molecule has 3 atom stereocenters. The van der Waals surface area contributed by atoms with Gasteiger partial charge in [-0.15, -0.1) is 10.2 Å². The second kappa shape index (κ2) is 9.47. The van der Waals surface area contributed by atoms with Gasteiger partial charge in [-0.05, 0) is 48.9 Å². The molecule has 1 aromatic heterocycles. The molecule has 3 N–H and O–H groups in total. The topological polar surface area (TPSA) is 120 Å². The predicted molar refractivity (Wildman–Crippen MR) is 125 cm³/mol. The maximum absolute atomic E-state index is 13.8. The van der Waals surface area contributed by atoms with Gasteiger partial charge in [0.1, 0.15) is 23.8 Å². The summed E-state index contributed by atoms with van der Waals surface area (Å²) in [7, 11) is 0. The second-order valence-electron chi connectivity index (χ2n) is 8.42. The molecule has 2 fully saturated rings. The molecule has 10 heteroatoms. The van der Waals surface area contributed by atoms with Crippen LogP contribution in [0.15, 0.2) is 48.5 Å². The monoisotopic (exact) mass is 480 g/mol. The van der Waals surface area contributed by atoms with Crippen molar-refractivity contribution in [3.63, 3.8) is 0 Å². The molecular weight excluding hydrogens is 455 g/mol. The number of morpholine rings is 1. The molecule has 0 saturated carbocycles. The van der Waals surface area contributed by atoms with Crippen molar-refractivity contribution in [2.45, 2.75) is 25.2 Å². The van der Waals surface area contributed by atoms with E-state index in [9.17, 15) is 14.3 Å². The molecule has 2 aliphatic heterocycles. The number of phenols is 1. The number of hydrogen-bond donors (Lipinski definition) is 2. The van der Waals surface area contributed by atoms with Gasteiger partial charge < -0.3 is 30.0 Å². The molecule has 2 saturated heterocycles. The fourth-order valence-electron chi connectivity index (χ4n) is 4.49. The van der Waals surface area contributed by atoms with Gasteiger partial charge in [-0.25, -0.2) is 9.18 Å². The lowest BCUT2D eigenvalue weighted by atomic mass is 10.0. The van der Waals surface area contributed by atoms with Crippen LogP contribution < -0.4 is 10.6 Å². The number of fused-ring (bicyclic) bond motifs is 1. The van der Waals surface area contributed by atoms with Gasteiger partial charge in [0, 0.05) is 12.1 Å². The first-order valence-electron chi connectivity index (χ1n) is 11.3. The lowest BCUT2D eigenvalue weighted by Crippen LogP contribution is -2.52. The number of aromatic nitrogens is 2. The number of nitrogens with zero attached hydrogens (tertiary/aromatic N) is 3. The maximum Gasteiger partial charge on any atom is 0.338 e. The molecule has 5 rings (SSSR count). The summed E-state index contributed by atoms with van der Waals surface area (Å²) in [6.07, 6.45) is -0.537. The smallest absolute Gasteiger partial charge is 0.338 e. The molecular formula is C25H25FN4O5. The zero-order valence-electron chi connectivity index (χ0n) is 19.1. The number of carbonyl (C=O) groups excluding carboxylic acids is 1. The van der Waals surface area contributed by atoms with Crippen LogP contribution in [0.3, 0.4) is 0 Å². The van der Waals surface area contributed by atoms with Crippen LogP contribution in [0.25, 0.3) is 11.3 Å². The lowest BCUT2D eigenvalue weighted by Gasteiger charge is -2.42. The minimum atomic E-state index is -0.500. The Labute approximate surface area is 201 Å². The average molecular weight is 480 g/mol. The van der Waals surface area contributed by atoms with Crippen molar-refractivity contribution in [3.8, 4) is 17.0 Å². The number of anilines is 2. The van der Waals surface area contributed by atoms with Crippen LogP contribution in [0.1, 0.15) is 28.9 Å². The van der Waals surface area contributed by atoms with Crippen molar-refractivity contribution in [2.24, 2.45) is 0 Å². The highest BCUT2D eigenvalue weighted by atomic mass is 19.1. The second-order valence-corrected chi connectivity index (χ2v) is 8.42. The largest absolute Gasteiger partial charge is 0.507 e. The summed E-state index contributed by atoms with van der Waals surface area (Å²) in [5.41, 5.74) is 8.69. The summed E-state index contributed by atoms with van der Waals surface area (Å²) >= 11 is 0. The van der Waals surface area contributed by atoms with E-state index in [0.29, 0.717) is 43.3 Å². The van der Waals surface area contributed by atoms with Crippen molar-refractivity contribution in [3.05, 3.63) is 65.5 Å². The van der Waals surface area contributed by atoms with E-state index < -0.39 is 5.82 Å². The molecule has 0 bridgehead atoms. The Balaban J connectivity index is 1.47. The van der Waals surface area contributed by atoms with Crippen LogP contribution in [0.2, 0.25) is 0 Å². The first kappa shape index (κ1) is 23.0. The summed E-state index contributed by atoms with van der Waals surface area (Å²) in [5, 5.41) is 18.4. The van der Waals surface area contributed by atoms with E-state index >= 15 is 0 Å². The van der Waals surface area contributed by atoms with Crippen LogP contribution in [-0.2, 0) is 14.2 Å². The number of nitrogens with two attached hydrogens (primary N) is 1. The molecule has 0 aliphatic carbocycles. The minimum Gasteiger partial charge on any atom is -0.507 e. The van der Waals surface area contributed by atoms with Crippen LogP contribution in [0.4, 0.5) is 15.9 Å². The van der Waals surface area contributed by atoms with Gasteiger partial charge in [0.15, 0.2) is 5.82 Å². The Morgan fingerprint density at radius 2 is 2.00 bits per heavy atom. The van der Waals surface area contributed by atoms with Gasteiger partial charge in [-0.3, -0.25) is 0 Å². The summed E-state index contributed by atoms with van der Waals surface area (Å²) in [4.78, 5) is 14.1. The fraction of sp³-hybridized carbons (Fsp3) is 0.320. The third-order valence-electron chi connectivity index (χ3n) is 6.24. The maximum atomic E-state index is 13.8. The number of esters is 1. The van der Waals surface area contributed by atoms with E-state index in [0.717, 1.165) is 5.56 Å². The first-order chi connectivity index (χ1) is 16.9. The molecule has 0 spiro atoms. The number of ether oxygens (including phenoxy) is 3. The Bertz CT molecular complexity index is 1240. The lowest BCUT2D eigenvalue weighted by molar-refractivity contribution is -0.0397. The number of rotatable bonds is 5. The molecule has 35 heavy (non-hydrogen) atoms. The summed E-state index contributed by atoms with van der Waals surface area (Å²) in [6.45, 7) is 3.38. The van der Waals surface area contributed by atoms with Gasteiger partial charge in [0.25, 0.3) is 0 Å². The van der Waals surface area contributed by atoms with Gasteiger partial charge in [-0.1, -0.05) is 12.1 Å². The first-order valence-corrected chi connectivity index (χ1v) is 11.3. The Morgan fingerprint density at radius 3 is 2.77 bits per heavy atom. The Hall–Kier alpha value is -3.76. The standard InChI is InChI=1S/C25H25FN4O5/c1-2-34-25(32)15-5-3-14(4-6-15)22-11-30(20-12-33-13-23(20)35-22)19-10-18(28-29-24(19)27)17-9-16(26)7-8-21(17)31/h3-10,20,22-23,31H,2,11-13H2,1H3,(H2,27,29)/t20-,22+,23+/m1/s1. The highest BCUT2D eigenvalue weighted by Crippen LogP contribution is 2.39. The molecule has 2 aliphatic rings. The van der Waals surface area contributed by atoms with Crippen molar-refractivity contribution in [2.75, 3.05) is 37.0 Å². The number of benzene rings is 2. The van der Waals surface area contributed by atoms with E-state index in [-0.39, 0.29) is 41.3 Å². The van der Waals surface area contributed by atoms with Crippen molar-refractivity contribution >= 4 is 17.5 Å². The fourth-order valence-corrected chi connectivity index (χ4v) is 4.49. The van der Waals surface area contributed by atoms with Crippen molar-refractivity contribution < 1.29 is 28.5 Å². The van der Waals surface area contributed by atoms with Gasteiger partial charge in [0.2, 0.25) is 0 Å². The molecule has 3 heterocycles. The predicted octanol–water partition coefficient (Wildman–Crippen LogP) is 3.09. The summed E-state index contributed by atoms with van der Waals surface area (Å²) in [6, 6.07) is 12.3. The van der Waals surface area contributed by atoms with Gasteiger partial charge in [0.05, 0.1) is 42.8 Å². The Kier molecular flexibility index (Phi) is 6.23. The normalized spacial score (nSPS) is 21.5. The van der Waals surface area contributed by atoms with E-state index in [1.807, 2.05) is 12.1 Å². The van der Waals surface area contributed by atoms with Crippen LogP contribution in [0.5, 0.6) is 5.75 Å². The number of phenolic OH excluding ortho intramolecular Hbond substituents is 1. The van der Waals surface area contributed by atoms with E-state index in [2.05, 4.69) is 15.1 Å². The molecule has 9 nitrogen and oxygen atoms in total. The summed E-state index contributed by atoms with van der Waals surface area (Å²) < 4.78 is 30.9. The number of carbonyl (C=O) groups is 1. The number of aromatic hydroxyl groups is 1. The van der Waals surface area contributed by atoms with E-state index in [1.165, 1.54) is 18.2 Å². The number of halogens is 1. The number of hydrogen-bond acceptors (Lipinski definition) is 9. The molecule has 182 valence electrons. The average Bonchev–Trinajstić information content (AvgIpc) is 3.34. The van der Waals surface area contributed by atoms with Crippen molar-refractivity contribution in [1.82, 2.24) is 10.2 Å². The summed E-state index contributed by atoms with van der Waals surface area (Å²) in [5.74, 6) is -0.785. The van der Waals surface area contributed by atoms with Crippen LogP contribution >= 0.6 is 0 Å². The Morgan fingerprint density at radius 1 is 1.20 bits per heavy atom. The zero-order valence-corrected chi connectivity index (χ0v) is 19.1. The molecule has 3 aromatic rings. The van der Waals surface area contributed by atoms with Gasteiger partial charge >= 0.3 is 5.97 Å². The molecule has 0 unspecified atom stereocenters. The van der Waals surface area contributed by atoms with Gasteiger partial charge in [-0.2, -0.15) is 0 Å².